The summed E-state index contributed by atoms with van der Waals surface area (Å²) in [5, 5.41) is 2.64. The molecule has 2 heterocycles. The van der Waals surface area contributed by atoms with Crippen LogP contribution in [0.25, 0.3) is 94.8 Å². The first-order valence-electron chi connectivity index (χ1n) is 20.1. The molecule has 1 aliphatic heterocycles. The van der Waals surface area contributed by atoms with Crippen molar-refractivity contribution >= 4 is 28.1 Å². The van der Waals surface area contributed by atoms with Gasteiger partial charge in [-0.2, -0.15) is 0 Å². The van der Waals surface area contributed by atoms with Crippen molar-refractivity contribution in [3.05, 3.63) is 206 Å². The zero-order valence-corrected chi connectivity index (χ0v) is 33.0. The molecule has 3 nitrogen and oxygen atoms in total. The van der Waals surface area contributed by atoms with Gasteiger partial charge in [-0.1, -0.05) is 182 Å². The molecule has 0 spiro atoms. The van der Waals surface area contributed by atoms with Gasteiger partial charge in [0.2, 0.25) is 0 Å². The Hall–Kier alpha value is -7.14. The average Bonchev–Trinajstić information content (AvgIpc) is 3.32. The van der Waals surface area contributed by atoms with Gasteiger partial charge in [0.25, 0.3) is 0 Å². The summed E-state index contributed by atoms with van der Waals surface area (Å²) in [7, 11) is 0. The summed E-state index contributed by atoms with van der Waals surface area (Å²) in [5.74, 6) is 2.08. The first kappa shape index (κ1) is 35.1. The average molecular weight is 772 g/mol. The van der Waals surface area contributed by atoms with E-state index >= 15 is 0 Å². The minimum Gasteiger partial charge on any atom is -0.209 e. The molecule has 1 aliphatic carbocycles. The molecular formula is C55H37N3S. The van der Waals surface area contributed by atoms with E-state index in [9.17, 15) is 0 Å². The normalized spacial score (nSPS) is 12.9. The first-order valence-corrected chi connectivity index (χ1v) is 21.0. The highest BCUT2D eigenvalue weighted by atomic mass is 32.2. The van der Waals surface area contributed by atoms with E-state index in [4.69, 9.17) is 15.0 Å². The van der Waals surface area contributed by atoms with E-state index in [2.05, 4.69) is 194 Å². The molecule has 0 amide bonds. The largest absolute Gasteiger partial charge is 0.209 e. The minimum absolute atomic E-state index is 0.673. The minimum atomic E-state index is 0.673. The van der Waals surface area contributed by atoms with Crippen LogP contribution in [-0.2, 0) is 0 Å². The molecule has 0 unspecified atom stereocenters. The Morgan fingerprint density at radius 3 is 1.53 bits per heavy atom. The number of fused-ring (bicyclic) bond motifs is 2. The van der Waals surface area contributed by atoms with Crippen molar-refractivity contribution in [1.82, 2.24) is 15.0 Å². The highest BCUT2D eigenvalue weighted by Crippen LogP contribution is 2.49. The van der Waals surface area contributed by atoms with Gasteiger partial charge in [-0.15, -0.1) is 0 Å². The lowest BCUT2D eigenvalue weighted by molar-refractivity contribution is 0.978. The highest BCUT2D eigenvalue weighted by molar-refractivity contribution is 7.99. The SMILES string of the molecule is C1=CCCC(c2nc(-c3ccc(-c4ccccc4)cc3)nc(-c3ccc(-c4cccc(-c5cccc(-c6ccc7c(c6)-c6cccc8cccc(c68)S7)c5)c4)cc3)n2)=C1. The van der Waals surface area contributed by atoms with E-state index in [1.165, 1.54) is 59.5 Å². The summed E-state index contributed by atoms with van der Waals surface area (Å²) in [6.45, 7) is 0. The summed E-state index contributed by atoms with van der Waals surface area (Å²) in [6.07, 6.45) is 8.30. The van der Waals surface area contributed by atoms with Crippen LogP contribution in [-0.4, -0.2) is 15.0 Å². The Bertz CT molecular complexity index is 3100. The van der Waals surface area contributed by atoms with Crippen molar-refractivity contribution in [3.8, 4) is 78.4 Å². The molecule has 0 atom stereocenters. The molecule has 0 N–H and O–H groups in total. The maximum Gasteiger partial charge on any atom is 0.164 e. The molecule has 1 aromatic heterocycles. The molecule has 11 rings (SSSR count). The first-order chi connectivity index (χ1) is 29.2. The van der Waals surface area contributed by atoms with Gasteiger partial charge in [-0.3, -0.25) is 0 Å². The lowest BCUT2D eigenvalue weighted by Gasteiger charge is -2.21. The van der Waals surface area contributed by atoms with Crippen LogP contribution >= 0.6 is 11.8 Å². The van der Waals surface area contributed by atoms with Crippen molar-refractivity contribution in [2.45, 2.75) is 22.6 Å². The molecule has 4 heteroatoms. The van der Waals surface area contributed by atoms with E-state index in [1.54, 1.807) is 0 Å². The third-order valence-corrected chi connectivity index (χ3v) is 12.5. The van der Waals surface area contributed by atoms with Crippen molar-refractivity contribution in [3.63, 3.8) is 0 Å². The van der Waals surface area contributed by atoms with Crippen molar-refractivity contribution < 1.29 is 0 Å². The van der Waals surface area contributed by atoms with Gasteiger partial charge in [0.1, 0.15) is 0 Å². The number of allylic oxidation sites excluding steroid dienone is 4. The Labute approximate surface area is 348 Å². The second-order valence-corrected chi connectivity index (χ2v) is 16.2. The molecule has 0 saturated heterocycles. The molecule has 9 aromatic rings. The van der Waals surface area contributed by atoms with Crippen LogP contribution in [0.1, 0.15) is 18.7 Å². The zero-order valence-electron chi connectivity index (χ0n) is 32.2. The van der Waals surface area contributed by atoms with Gasteiger partial charge in [0, 0.05) is 26.3 Å². The van der Waals surface area contributed by atoms with Crippen LogP contribution in [0.3, 0.4) is 0 Å². The van der Waals surface area contributed by atoms with Crippen LogP contribution in [0.4, 0.5) is 0 Å². The van der Waals surface area contributed by atoms with E-state index in [0.717, 1.165) is 52.1 Å². The third-order valence-electron chi connectivity index (χ3n) is 11.4. The smallest absolute Gasteiger partial charge is 0.164 e. The molecule has 0 saturated carbocycles. The number of hydrogen-bond acceptors (Lipinski definition) is 4. The summed E-state index contributed by atoms with van der Waals surface area (Å²) >= 11 is 1.87. The summed E-state index contributed by atoms with van der Waals surface area (Å²) in [4.78, 5) is 17.7. The standard InChI is InChI=1S/C55H37N3S/c1-3-11-36(12-4-1)37-23-27-41(28-24-37)54-56-53(40-13-5-2-6-14-40)57-55(58-54)42-29-25-38(26-30-42)43-17-7-18-44(33-43)45-19-8-20-46(34-45)47-31-32-50-49(35-47)48-21-9-15-39-16-10-22-51(59-50)52(39)48/h1-5,7-13,15-35H,6,14H2. The maximum atomic E-state index is 5.04. The lowest BCUT2D eigenvalue weighted by Crippen LogP contribution is -2.03. The summed E-state index contributed by atoms with van der Waals surface area (Å²) in [5.41, 5.74) is 15.1. The van der Waals surface area contributed by atoms with Crippen LogP contribution in [0.5, 0.6) is 0 Å². The van der Waals surface area contributed by atoms with Gasteiger partial charge in [-0.05, 0) is 110 Å². The summed E-state index contributed by atoms with van der Waals surface area (Å²) < 4.78 is 0. The Kier molecular flexibility index (Phi) is 8.90. The monoisotopic (exact) mass is 771 g/mol. The van der Waals surface area contributed by atoms with Gasteiger partial charge in [-0.25, -0.2) is 15.0 Å². The molecular weight excluding hydrogens is 735 g/mol. The number of rotatable bonds is 7. The second kappa shape index (κ2) is 15.0. The molecule has 8 aromatic carbocycles. The zero-order chi connectivity index (χ0) is 39.1. The fourth-order valence-corrected chi connectivity index (χ4v) is 9.45. The van der Waals surface area contributed by atoms with E-state index in [0.29, 0.717) is 11.6 Å². The molecule has 59 heavy (non-hydrogen) atoms. The van der Waals surface area contributed by atoms with Gasteiger partial charge in [0.05, 0.1) is 0 Å². The van der Waals surface area contributed by atoms with Crippen molar-refractivity contribution in [2.24, 2.45) is 0 Å². The number of aromatic nitrogens is 3. The van der Waals surface area contributed by atoms with Crippen molar-refractivity contribution in [1.29, 1.82) is 0 Å². The van der Waals surface area contributed by atoms with E-state index in [-0.39, 0.29) is 0 Å². The highest BCUT2D eigenvalue weighted by Gasteiger charge is 2.20. The fourth-order valence-electron chi connectivity index (χ4n) is 8.32. The van der Waals surface area contributed by atoms with Gasteiger partial charge >= 0.3 is 0 Å². The van der Waals surface area contributed by atoms with Crippen LogP contribution in [0, 0.1) is 0 Å². The molecule has 2 aliphatic rings. The predicted molar refractivity (Wildman–Crippen MR) is 246 cm³/mol. The molecule has 0 bridgehead atoms. The second-order valence-electron chi connectivity index (χ2n) is 15.1. The Balaban J connectivity index is 0.890. The van der Waals surface area contributed by atoms with E-state index < -0.39 is 0 Å². The molecule has 278 valence electrons. The van der Waals surface area contributed by atoms with E-state index in [1.807, 2.05) is 17.8 Å². The van der Waals surface area contributed by atoms with Crippen LogP contribution in [0.2, 0.25) is 0 Å². The fraction of sp³-hybridized carbons (Fsp3) is 0.0364. The Morgan fingerprint density at radius 1 is 0.373 bits per heavy atom. The van der Waals surface area contributed by atoms with Gasteiger partial charge in [0.15, 0.2) is 17.5 Å². The maximum absolute atomic E-state index is 5.04. The molecule has 0 radical (unpaired) electrons. The number of nitrogens with zero attached hydrogens (tertiary/aromatic N) is 3. The third kappa shape index (κ3) is 6.78. The van der Waals surface area contributed by atoms with Crippen LogP contribution < -0.4 is 0 Å². The number of benzene rings is 8. The molecule has 0 fully saturated rings. The van der Waals surface area contributed by atoms with Crippen LogP contribution in [0.15, 0.2) is 210 Å². The topological polar surface area (TPSA) is 38.7 Å². The summed E-state index contributed by atoms with van der Waals surface area (Å²) in [6, 6.07) is 65.5. The predicted octanol–water partition coefficient (Wildman–Crippen LogP) is 14.9. The quantitative estimate of drug-likeness (QED) is 0.162. The van der Waals surface area contributed by atoms with Crippen molar-refractivity contribution in [2.75, 3.05) is 0 Å². The van der Waals surface area contributed by atoms with Gasteiger partial charge < -0.3 is 0 Å². The number of hydrogen-bond donors (Lipinski definition) is 0. The lowest BCUT2D eigenvalue weighted by atomic mass is 9.93. The Morgan fingerprint density at radius 2 is 0.881 bits per heavy atom.